The molecule has 7 aliphatic rings. The van der Waals surface area contributed by atoms with Gasteiger partial charge in [0.25, 0.3) is 0 Å². The molecule has 2 saturated heterocycles. The van der Waals surface area contributed by atoms with E-state index in [1.807, 2.05) is 6.92 Å². The van der Waals surface area contributed by atoms with Crippen LogP contribution in [0.3, 0.4) is 0 Å². The number of carbonyl (C=O) groups is 2. The molecule has 0 amide bonds. The molecule has 4 saturated carbocycles. The van der Waals surface area contributed by atoms with E-state index in [-0.39, 0.29) is 29.8 Å². The number of fused-ring (bicyclic) bond motifs is 7. The van der Waals surface area contributed by atoms with Crippen LogP contribution in [0.4, 0.5) is 0 Å². The second-order valence-electron chi connectivity index (χ2n) is 20.2. The molecule has 0 unspecified atom stereocenters. The minimum absolute atomic E-state index is 0.0285. The van der Waals surface area contributed by atoms with E-state index in [0.717, 1.165) is 5.57 Å². The van der Waals surface area contributed by atoms with E-state index in [1.165, 1.54) is 0 Å². The van der Waals surface area contributed by atoms with E-state index in [2.05, 4.69) is 26.8 Å². The molecule has 58 heavy (non-hydrogen) atoms. The number of hydrogen-bond acceptors (Lipinski definition) is 15. The summed E-state index contributed by atoms with van der Waals surface area (Å²) >= 11 is 0. The largest absolute Gasteiger partial charge is 0.481 e. The van der Waals surface area contributed by atoms with Crippen LogP contribution in [0, 0.1) is 50.2 Å². The lowest BCUT2D eigenvalue weighted by molar-refractivity contribution is -0.329. The van der Waals surface area contributed by atoms with Gasteiger partial charge in [0.15, 0.2) is 6.29 Å². The number of ether oxygens (including phenoxy) is 4. The fourth-order valence-electron chi connectivity index (χ4n) is 13.5. The van der Waals surface area contributed by atoms with Crippen molar-refractivity contribution in [2.75, 3.05) is 19.8 Å². The highest BCUT2D eigenvalue weighted by molar-refractivity contribution is 5.79. The maximum Gasteiger partial charge on any atom is 0.315 e. The van der Waals surface area contributed by atoms with Gasteiger partial charge in [-0.1, -0.05) is 39.3 Å². The lowest BCUT2D eigenvalue weighted by Crippen LogP contribution is -2.68. The molecule has 0 spiro atoms. The van der Waals surface area contributed by atoms with Crippen LogP contribution in [0.2, 0.25) is 0 Å². The molecule has 0 aromatic rings. The Morgan fingerprint density at radius 1 is 0.724 bits per heavy atom. The van der Waals surface area contributed by atoms with Gasteiger partial charge in [0.05, 0.1) is 30.1 Å². The van der Waals surface area contributed by atoms with Crippen molar-refractivity contribution in [3.63, 3.8) is 0 Å². The van der Waals surface area contributed by atoms with E-state index in [0.29, 0.717) is 64.2 Å². The van der Waals surface area contributed by atoms with Gasteiger partial charge < -0.3 is 70.0 Å². The van der Waals surface area contributed by atoms with Crippen LogP contribution in [0.5, 0.6) is 0 Å². The van der Waals surface area contributed by atoms with Gasteiger partial charge in [-0.2, -0.15) is 0 Å². The van der Waals surface area contributed by atoms with Crippen molar-refractivity contribution in [3.05, 3.63) is 11.6 Å². The fourth-order valence-corrected chi connectivity index (χ4v) is 13.5. The molecule has 2 heterocycles. The highest BCUT2D eigenvalue weighted by Crippen LogP contribution is 2.76. The number of carbonyl (C=O) groups excluding carboxylic acids is 1. The van der Waals surface area contributed by atoms with Gasteiger partial charge >= 0.3 is 11.9 Å². The SMILES string of the molecule is C[C@@]1(CO)CC[C@]2(C(=O)O[C@@H]3O[C@H](CO)[C@@H](O)[C@H](O)[C@H]3O)CC[C@]3(C)C(=CC[C@@H]4[C@]5(C)CC[C@@H](O[C@@H]6O[C@H](CO)[C@@H](O)[C@H](O)[C@H]6O)[C@@](C)(C(=O)O)[C@H]5CC[C@]43C)[C@H]2C1. The first-order valence-electron chi connectivity index (χ1n) is 21.1. The number of aliphatic hydroxyl groups excluding tert-OH is 9. The lowest BCUT2D eigenvalue weighted by Gasteiger charge is -2.71. The van der Waals surface area contributed by atoms with Gasteiger partial charge in [-0.15, -0.1) is 0 Å². The minimum atomic E-state index is -1.74. The normalized spacial score (nSPS) is 54.2. The van der Waals surface area contributed by atoms with Crippen molar-refractivity contribution in [2.24, 2.45) is 50.2 Å². The Morgan fingerprint density at radius 3 is 1.90 bits per heavy atom. The Hall–Kier alpha value is -1.80. The monoisotopic (exact) mass is 826 g/mol. The molecule has 10 N–H and O–H groups in total. The number of carboxylic acid groups (broad SMARTS) is 1. The maximum atomic E-state index is 14.6. The molecule has 0 radical (unpaired) electrons. The van der Waals surface area contributed by atoms with Crippen LogP contribution < -0.4 is 0 Å². The zero-order chi connectivity index (χ0) is 42.5. The smallest absolute Gasteiger partial charge is 0.315 e. The summed E-state index contributed by atoms with van der Waals surface area (Å²) in [5.41, 5.74) is -3.09. The quantitative estimate of drug-likeness (QED) is 0.0899. The third-order valence-corrected chi connectivity index (χ3v) is 17.6. The summed E-state index contributed by atoms with van der Waals surface area (Å²) < 4.78 is 23.4. The Bertz CT molecular complexity index is 1610. The first-order chi connectivity index (χ1) is 27.1. The van der Waals surface area contributed by atoms with Gasteiger partial charge in [-0.05, 0) is 111 Å². The second-order valence-corrected chi connectivity index (χ2v) is 20.2. The van der Waals surface area contributed by atoms with E-state index in [1.54, 1.807) is 6.92 Å². The van der Waals surface area contributed by atoms with E-state index in [9.17, 15) is 60.7 Å². The zero-order valence-electron chi connectivity index (χ0n) is 34.3. The maximum absolute atomic E-state index is 14.6. The zero-order valence-corrected chi connectivity index (χ0v) is 34.3. The molecule has 0 bridgehead atoms. The van der Waals surface area contributed by atoms with Gasteiger partial charge in [-0.3, -0.25) is 9.59 Å². The standard InChI is InChI=1S/C42H66O16/c1-37(19-45)12-14-42(36(54)58-34-32(51)30(49)28(47)23(18-44)56-34)15-13-39(3)20(21(42)16-37)6-7-24-38(2)10-9-26(41(5,35(52)53)25(38)8-11-40(24,39)4)57-33-31(50)29(48)27(46)22(17-43)55-33/h6,21-34,43-51H,7-19H2,1-5H3,(H,52,53)/t21-,22-,23-,24-,25+,26-,27-,28-,29+,30+,31-,32-,33+,34+,37-,38+,39-,40-,41+,42+/m1/s1. The average molecular weight is 827 g/mol. The number of allylic oxidation sites excluding steroid dienone is 2. The summed E-state index contributed by atoms with van der Waals surface area (Å²) in [5.74, 6) is -2.32. The summed E-state index contributed by atoms with van der Waals surface area (Å²) in [6.07, 6.45) is -8.87. The van der Waals surface area contributed by atoms with E-state index in [4.69, 9.17) is 18.9 Å². The van der Waals surface area contributed by atoms with Gasteiger partial charge in [0.1, 0.15) is 48.8 Å². The first kappa shape index (κ1) is 44.3. The van der Waals surface area contributed by atoms with Crippen LogP contribution in [0.15, 0.2) is 11.6 Å². The fraction of sp³-hybridized carbons (Fsp3) is 0.905. The Morgan fingerprint density at radius 2 is 1.31 bits per heavy atom. The number of aliphatic carboxylic acids is 1. The molecule has 7 rings (SSSR count). The third-order valence-electron chi connectivity index (χ3n) is 17.6. The Kier molecular flexibility index (Phi) is 11.6. The minimum Gasteiger partial charge on any atom is -0.481 e. The molecule has 6 fully saturated rings. The number of aliphatic hydroxyl groups is 9. The molecule has 16 heteroatoms. The molecule has 330 valence electrons. The lowest BCUT2D eigenvalue weighted by atomic mass is 9.33. The Balaban J connectivity index is 1.20. The second kappa shape index (κ2) is 15.2. The van der Waals surface area contributed by atoms with Gasteiger partial charge in [0.2, 0.25) is 6.29 Å². The molecule has 0 aromatic heterocycles. The highest BCUT2D eigenvalue weighted by Gasteiger charge is 2.71. The van der Waals surface area contributed by atoms with Gasteiger partial charge in [-0.25, -0.2) is 0 Å². The highest BCUT2D eigenvalue weighted by atomic mass is 16.7. The van der Waals surface area contributed by atoms with E-state index >= 15 is 0 Å². The van der Waals surface area contributed by atoms with Crippen molar-refractivity contribution < 1.29 is 79.6 Å². The molecule has 5 aliphatic carbocycles. The summed E-state index contributed by atoms with van der Waals surface area (Å²) in [5, 5.41) is 104. The molecule has 2 aliphatic heterocycles. The summed E-state index contributed by atoms with van der Waals surface area (Å²) in [4.78, 5) is 28.1. The number of rotatable bonds is 8. The summed E-state index contributed by atoms with van der Waals surface area (Å²) in [6, 6.07) is 0. The van der Waals surface area contributed by atoms with Crippen LogP contribution >= 0.6 is 0 Å². The summed E-state index contributed by atoms with van der Waals surface area (Å²) in [7, 11) is 0. The first-order valence-corrected chi connectivity index (χ1v) is 21.1. The Labute approximate surface area is 339 Å². The van der Waals surface area contributed by atoms with Crippen molar-refractivity contribution >= 4 is 11.9 Å². The van der Waals surface area contributed by atoms with Crippen LogP contribution in [-0.4, -0.2) is 150 Å². The molecule has 16 nitrogen and oxygen atoms in total. The predicted octanol–water partition coefficient (Wildman–Crippen LogP) is 0.353. The van der Waals surface area contributed by atoms with Crippen molar-refractivity contribution in [1.82, 2.24) is 0 Å². The van der Waals surface area contributed by atoms with Crippen LogP contribution in [0.1, 0.15) is 98.8 Å². The van der Waals surface area contributed by atoms with Crippen molar-refractivity contribution in [1.29, 1.82) is 0 Å². The molecular formula is C42H66O16. The van der Waals surface area contributed by atoms with Crippen LogP contribution in [-0.2, 0) is 28.5 Å². The average Bonchev–Trinajstić information content (AvgIpc) is 3.19. The predicted molar refractivity (Wildman–Crippen MR) is 201 cm³/mol. The number of hydrogen-bond donors (Lipinski definition) is 10. The topological polar surface area (TPSA) is 273 Å². The van der Waals surface area contributed by atoms with Crippen molar-refractivity contribution in [2.45, 2.75) is 166 Å². The number of carboxylic acids is 1. The van der Waals surface area contributed by atoms with Crippen LogP contribution in [0.25, 0.3) is 0 Å². The van der Waals surface area contributed by atoms with Crippen molar-refractivity contribution in [3.8, 4) is 0 Å². The van der Waals surface area contributed by atoms with E-state index < -0.39 is 120 Å². The molecular weight excluding hydrogens is 760 g/mol. The molecule has 20 atom stereocenters. The van der Waals surface area contributed by atoms with Gasteiger partial charge in [0, 0.05) is 6.61 Å². The molecule has 0 aromatic carbocycles. The number of esters is 1. The third kappa shape index (κ3) is 6.29. The summed E-state index contributed by atoms with van der Waals surface area (Å²) in [6.45, 7) is 9.07.